The zero-order chi connectivity index (χ0) is 48.5. The molecule has 0 aliphatic heterocycles. The third kappa shape index (κ3) is 50.1. The second kappa shape index (κ2) is 48.2. The van der Waals surface area contributed by atoms with E-state index in [4.69, 9.17) is 9.05 Å². The summed E-state index contributed by atoms with van der Waals surface area (Å²) in [5.74, 6) is -0.211. The zero-order valence-corrected chi connectivity index (χ0v) is 44.8. The largest absolute Gasteiger partial charge is 0.756 e. The van der Waals surface area contributed by atoms with Crippen LogP contribution in [0.3, 0.4) is 0 Å². The summed E-state index contributed by atoms with van der Waals surface area (Å²) in [7, 11) is 1.24. The van der Waals surface area contributed by atoms with E-state index in [1.807, 2.05) is 27.2 Å². The van der Waals surface area contributed by atoms with Gasteiger partial charge in [-0.15, -0.1) is 0 Å². The number of nitrogens with zero attached hydrogens (tertiary/aromatic N) is 1. The highest BCUT2D eigenvalue weighted by Gasteiger charge is 2.23. The number of hydrogen-bond acceptors (Lipinski definition) is 6. The number of hydrogen-bond donors (Lipinski definition) is 2. The first-order valence-corrected chi connectivity index (χ1v) is 29.1. The first kappa shape index (κ1) is 64.2. The van der Waals surface area contributed by atoms with Gasteiger partial charge in [-0.1, -0.05) is 229 Å². The molecule has 0 aliphatic rings. The third-order valence-electron chi connectivity index (χ3n) is 12.2. The highest BCUT2D eigenvalue weighted by atomic mass is 31.2. The number of carbonyl (C=O) groups excluding carboxylic acids is 1. The lowest BCUT2D eigenvalue weighted by atomic mass is 10.0. The van der Waals surface area contributed by atoms with E-state index in [0.29, 0.717) is 17.4 Å². The molecule has 0 aromatic rings. The van der Waals surface area contributed by atoms with Crippen molar-refractivity contribution in [1.82, 2.24) is 5.32 Å². The van der Waals surface area contributed by atoms with Gasteiger partial charge in [-0.25, -0.2) is 0 Å². The molecular weight excluding hydrogens is 840 g/mol. The minimum absolute atomic E-state index is 0.00891. The Morgan fingerprint density at radius 1 is 0.530 bits per heavy atom. The molecular formula is C57H107N2O6P. The summed E-state index contributed by atoms with van der Waals surface area (Å²) in [4.78, 5) is 25.5. The van der Waals surface area contributed by atoms with Crippen LogP contribution in [0.15, 0.2) is 60.8 Å². The predicted molar refractivity (Wildman–Crippen MR) is 284 cm³/mol. The van der Waals surface area contributed by atoms with Crippen LogP contribution in [0.25, 0.3) is 0 Å². The molecule has 0 aromatic heterocycles. The predicted octanol–water partition coefficient (Wildman–Crippen LogP) is 15.9. The molecule has 0 radical (unpaired) electrons. The number of phosphoric ester groups is 1. The average molecular weight is 947 g/mol. The molecule has 0 saturated carbocycles. The lowest BCUT2D eigenvalue weighted by Gasteiger charge is -2.29. The number of likely N-dealkylation sites (N-methyl/N-ethyl adjacent to an activating group) is 1. The maximum atomic E-state index is 12.9. The molecule has 66 heavy (non-hydrogen) atoms. The van der Waals surface area contributed by atoms with Crippen molar-refractivity contribution < 1.29 is 32.9 Å². The second-order valence-corrected chi connectivity index (χ2v) is 21.3. The number of allylic oxidation sites excluding steroid dienone is 9. The van der Waals surface area contributed by atoms with E-state index >= 15 is 0 Å². The molecule has 9 heteroatoms. The van der Waals surface area contributed by atoms with Crippen molar-refractivity contribution in [3.63, 3.8) is 0 Å². The number of aliphatic hydroxyl groups is 1. The topological polar surface area (TPSA) is 108 Å². The molecule has 0 aromatic carbocycles. The van der Waals surface area contributed by atoms with E-state index < -0.39 is 26.6 Å². The number of nitrogens with one attached hydrogen (secondary N) is 1. The number of unbranched alkanes of at least 4 members (excludes halogenated alkanes) is 29. The fourth-order valence-electron chi connectivity index (χ4n) is 7.82. The molecule has 0 fully saturated rings. The van der Waals surface area contributed by atoms with Crippen LogP contribution in [0.1, 0.15) is 245 Å². The standard InChI is InChI=1S/C57H107N2O6P/c1-6-8-10-12-14-16-18-20-22-24-26-27-28-29-30-31-33-35-37-39-41-43-45-47-49-51-57(61)58-55(54-65-66(62,63)64-53-52-59(3,4)5)56(60)50-48-46-44-42-40-38-36-34-32-25-23-21-19-17-15-13-11-9-7-2/h18,20,24,26,28-29,40,42,48,50,55-56,60H,6-17,19,21-23,25,27,30-39,41,43-47,49,51-54H2,1-5H3,(H-,58,61,62,63)/b20-18-,26-24-,29-28-,42-40+,50-48+. The number of phosphoric acid groups is 1. The smallest absolute Gasteiger partial charge is 0.268 e. The summed E-state index contributed by atoms with van der Waals surface area (Å²) in [6.45, 7) is 4.63. The number of carbonyl (C=O) groups is 1. The molecule has 3 atom stereocenters. The average Bonchev–Trinajstić information content (AvgIpc) is 3.28. The van der Waals surface area contributed by atoms with Gasteiger partial charge in [-0.3, -0.25) is 9.36 Å². The van der Waals surface area contributed by atoms with Crippen LogP contribution < -0.4 is 10.2 Å². The van der Waals surface area contributed by atoms with E-state index in [1.165, 1.54) is 173 Å². The minimum atomic E-state index is -4.61. The molecule has 0 saturated heterocycles. The summed E-state index contributed by atoms with van der Waals surface area (Å²) in [5, 5.41) is 13.8. The summed E-state index contributed by atoms with van der Waals surface area (Å²) in [6, 6.07) is -0.908. The maximum absolute atomic E-state index is 12.9. The molecule has 0 heterocycles. The van der Waals surface area contributed by atoms with Crippen molar-refractivity contribution in [2.75, 3.05) is 40.9 Å². The quantitative estimate of drug-likeness (QED) is 0.0272. The van der Waals surface area contributed by atoms with Gasteiger partial charge < -0.3 is 28.8 Å². The van der Waals surface area contributed by atoms with E-state index in [0.717, 1.165) is 51.4 Å². The van der Waals surface area contributed by atoms with Crippen molar-refractivity contribution in [2.24, 2.45) is 0 Å². The summed E-state index contributed by atoms with van der Waals surface area (Å²) in [6.07, 6.45) is 64.3. The molecule has 8 nitrogen and oxygen atoms in total. The van der Waals surface area contributed by atoms with Gasteiger partial charge in [-0.05, 0) is 70.6 Å². The number of rotatable bonds is 50. The molecule has 0 bridgehead atoms. The third-order valence-corrected chi connectivity index (χ3v) is 13.2. The SMILES string of the molecule is CCCCCCC/C=C\C/C=C\C/C=C\CCCCCCCCCCCCC(=O)NC(COP(=O)([O-])OCC[N+](C)(C)C)C(O)/C=C/CC/C=C/CCCCCCCCCCCCCCC. The molecule has 0 spiro atoms. The van der Waals surface area contributed by atoms with Crippen LogP contribution >= 0.6 is 7.82 Å². The Morgan fingerprint density at radius 3 is 1.33 bits per heavy atom. The van der Waals surface area contributed by atoms with Gasteiger partial charge in [-0.2, -0.15) is 0 Å². The summed E-state index contributed by atoms with van der Waals surface area (Å²) < 4.78 is 23.3. The van der Waals surface area contributed by atoms with Gasteiger partial charge in [0.1, 0.15) is 13.2 Å². The lowest BCUT2D eigenvalue weighted by molar-refractivity contribution is -0.870. The Labute approximate surface area is 409 Å². The van der Waals surface area contributed by atoms with Crippen LogP contribution in [0.4, 0.5) is 0 Å². The van der Waals surface area contributed by atoms with Gasteiger partial charge >= 0.3 is 0 Å². The van der Waals surface area contributed by atoms with Crippen molar-refractivity contribution in [3.05, 3.63) is 60.8 Å². The Balaban J connectivity index is 4.30. The molecule has 3 unspecified atom stereocenters. The molecule has 0 aliphatic carbocycles. The highest BCUT2D eigenvalue weighted by Crippen LogP contribution is 2.38. The monoisotopic (exact) mass is 947 g/mol. The maximum Gasteiger partial charge on any atom is 0.268 e. The number of quaternary nitrogens is 1. The molecule has 1 amide bonds. The normalized spacial score (nSPS) is 14.5. The Hall–Kier alpha value is -1.80. The first-order valence-electron chi connectivity index (χ1n) is 27.7. The Morgan fingerprint density at radius 2 is 0.894 bits per heavy atom. The van der Waals surface area contributed by atoms with E-state index in [9.17, 15) is 19.4 Å². The van der Waals surface area contributed by atoms with Crippen molar-refractivity contribution in [2.45, 2.75) is 257 Å². The first-order chi connectivity index (χ1) is 32.0. The highest BCUT2D eigenvalue weighted by molar-refractivity contribution is 7.45. The molecule has 0 rings (SSSR count). The van der Waals surface area contributed by atoms with Crippen molar-refractivity contribution in [1.29, 1.82) is 0 Å². The van der Waals surface area contributed by atoms with Gasteiger partial charge in [0, 0.05) is 6.42 Å². The fourth-order valence-corrected chi connectivity index (χ4v) is 8.55. The Kier molecular flexibility index (Phi) is 46.9. The van der Waals surface area contributed by atoms with Gasteiger partial charge in [0.15, 0.2) is 0 Å². The van der Waals surface area contributed by atoms with Crippen LogP contribution in [0.2, 0.25) is 0 Å². The fraction of sp³-hybridized carbons (Fsp3) is 0.807. The van der Waals surface area contributed by atoms with Crippen LogP contribution in [0, 0.1) is 0 Å². The number of aliphatic hydroxyl groups excluding tert-OH is 1. The van der Waals surface area contributed by atoms with Crippen molar-refractivity contribution in [3.8, 4) is 0 Å². The van der Waals surface area contributed by atoms with Gasteiger partial charge in [0.2, 0.25) is 5.91 Å². The van der Waals surface area contributed by atoms with E-state index in [1.54, 1.807) is 6.08 Å². The van der Waals surface area contributed by atoms with Crippen molar-refractivity contribution >= 4 is 13.7 Å². The van der Waals surface area contributed by atoms with Gasteiger partial charge in [0.25, 0.3) is 7.82 Å². The Bertz CT molecular complexity index is 1260. The van der Waals surface area contributed by atoms with Crippen LogP contribution in [-0.2, 0) is 18.4 Å². The van der Waals surface area contributed by atoms with Gasteiger partial charge in [0.05, 0.1) is 39.9 Å². The second-order valence-electron chi connectivity index (χ2n) is 19.9. The van der Waals surface area contributed by atoms with Crippen LogP contribution in [-0.4, -0.2) is 68.5 Å². The minimum Gasteiger partial charge on any atom is -0.756 e. The van der Waals surface area contributed by atoms with Crippen LogP contribution in [0.5, 0.6) is 0 Å². The number of amides is 1. The molecule has 2 N–H and O–H groups in total. The van der Waals surface area contributed by atoms with E-state index in [2.05, 4.69) is 67.8 Å². The lowest BCUT2D eigenvalue weighted by Crippen LogP contribution is -2.45. The zero-order valence-electron chi connectivity index (χ0n) is 43.9. The summed E-state index contributed by atoms with van der Waals surface area (Å²) in [5.41, 5.74) is 0. The summed E-state index contributed by atoms with van der Waals surface area (Å²) >= 11 is 0. The molecule has 386 valence electrons. The van der Waals surface area contributed by atoms with E-state index in [-0.39, 0.29) is 12.5 Å².